The SMILES string of the molecule is CNc1cnccc1N=O. The Morgan fingerprint density at radius 1 is 1.70 bits per heavy atom. The van der Waals surface area contributed by atoms with Gasteiger partial charge < -0.3 is 5.32 Å². The Morgan fingerprint density at radius 3 is 3.00 bits per heavy atom. The van der Waals surface area contributed by atoms with Crippen LogP contribution in [0, 0.1) is 4.91 Å². The molecule has 0 aliphatic rings. The number of aromatic nitrogens is 1. The van der Waals surface area contributed by atoms with Crippen LogP contribution in [0.2, 0.25) is 0 Å². The van der Waals surface area contributed by atoms with E-state index >= 15 is 0 Å². The van der Waals surface area contributed by atoms with E-state index in [1.165, 1.54) is 6.20 Å². The molecule has 10 heavy (non-hydrogen) atoms. The van der Waals surface area contributed by atoms with Gasteiger partial charge in [-0.1, -0.05) is 0 Å². The van der Waals surface area contributed by atoms with Crippen LogP contribution in [0.25, 0.3) is 0 Å². The second kappa shape index (κ2) is 2.91. The maximum absolute atomic E-state index is 10.1. The maximum Gasteiger partial charge on any atom is 0.134 e. The van der Waals surface area contributed by atoms with Gasteiger partial charge in [-0.05, 0) is 11.2 Å². The van der Waals surface area contributed by atoms with Crippen molar-refractivity contribution in [3.8, 4) is 0 Å². The summed E-state index contributed by atoms with van der Waals surface area (Å²) in [6.45, 7) is 0. The van der Waals surface area contributed by atoms with Crippen molar-refractivity contribution in [3.05, 3.63) is 23.4 Å². The smallest absolute Gasteiger partial charge is 0.134 e. The third kappa shape index (κ3) is 1.10. The fraction of sp³-hybridized carbons (Fsp3) is 0.167. The highest BCUT2D eigenvalue weighted by Gasteiger charge is 1.96. The summed E-state index contributed by atoms with van der Waals surface area (Å²) in [6, 6.07) is 1.55. The summed E-state index contributed by atoms with van der Waals surface area (Å²) in [5.74, 6) is 0. The number of rotatable bonds is 2. The molecule has 1 rings (SSSR count). The number of pyridine rings is 1. The summed E-state index contributed by atoms with van der Waals surface area (Å²) in [4.78, 5) is 13.9. The summed E-state index contributed by atoms with van der Waals surface area (Å²) < 4.78 is 0. The van der Waals surface area contributed by atoms with Gasteiger partial charge in [0.1, 0.15) is 5.69 Å². The van der Waals surface area contributed by atoms with Gasteiger partial charge in [0.15, 0.2) is 0 Å². The molecule has 0 saturated heterocycles. The fourth-order valence-electron chi connectivity index (χ4n) is 0.659. The zero-order valence-corrected chi connectivity index (χ0v) is 5.53. The van der Waals surface area contributed by atoms with Crippen molar-refractivity contribution in [1.82, 2.24) is 4.98 Å². The van der Waals surface area contributed by atoms with Crippen LogP contribution >= 0.6 is 0 Å². The minimum absolute atomic E-state index is 0.387. The van der Waals surface area contributed by atoms with Crippen molar-refractivity contribution in [3.63, 3.8) is 0 Å². The van der Waals surface area contributed by atoms with E-state index in [0.29, 0.717) is 11.4 Å². The molecular formula is C6H7N3O. The summed E-state index contributed by atoms with van der Waals surface area (Å²) >= 11 is 0. The van der Waals surface area contributed by atoms with Crippen molar-refractivity contribution < 1.29 is 0 Å². The van der Waals surface area contributed by atoms with E-state index in [-0.39, 0.29) is 0 Å². The van der Waals surface area contributed by atoms with Gasteiger partial charge in [-0.15, -0.1) is 4.91 Å². The fourth-order valence-corrected chi connectivity index (χ4v) is 0.659. The molecule has 0 unspecified atom stereocenters. The molecular weight excluding hydrogens is 130 g/mol. The first-order chi connectivity index (χ1) is 4.88. The van der Waals surface area contributed by atoms with Gasteiger partial charge in [-0.25, -0.2) is 0 Å². The first-order valence-electron chi connectivity index (χ1n) is 2.83. The minimum atomic E-state index is 0.387. The summed E-state index contributed by atoms with van der Waals surface area (Å²) in [5, 5.41) is 5.58. The molecule has 0 atom stereocenters. The third-order valence-corrected chi connectivity index (χ3v) is 1.17. The minimum Gasteiger partial charge on any atom is -0.385 e. The molecule has 0 amide bonds. The molecule has 52 valence electrons. The predicted molar refractivity (Wildman–Crippen MR) is 39.2 cm³/mol. The van der Waals surface area contributed by atoms with Crippen LogP contribution in [0.4, 0.5) is 11.4 Å². The highest BCUT2D eigenvalue weighted by molar-refractivity contribution is 5.62. The number of hydrogen-bond acceptors (Lipinski definition) is 4. The van der Waals surface area contributed by atoms with E-state index in [9.17, 15) is 4.91 Å². The van der Waals surface area contributed by atoms with Gasteiger partial charge in [0.05, 0.1) is 11.9 Å². The van der Waals surface area contributed by atoms with Crippen molar-refractivity contribution in [2.24, 2.45) is 5.18 Å². The van der Waals surface area contributed by atoms with Crippen LogP contribution in [0.15, 0.2) is 23.6 Å². The van der Waals surface area contributed by atoms with Gasteiger partial charge in [0.25, 0.3) is 0 Å². The van der Waals surface area contributed by atoms with Crippen LogP contribution in [-0.4, -0.2) is 12.0 Å². The monoisotopic (exact) mass is 137 g/mol. The van der Waals surface area contributed by atoms with Crippen LogP contribution < -0.4 is 5.32 Å². The average Bonchev–Trinajstić information content (AvgIpc) is 2.04. The molecule has 0 fully saturated rings. The lowest BCUT2D eigenvalue weighted by Crippen LogP contribution is -1.88. The van der Waals surface area contributed by atoms with E-state index in [4.69, 9.17) is 0 Å². The number of anilines is 1. The van der Waals surface area contributed by atoms with Gasteiger partial charge in [-0.3, -0.25) is 4.98 Å². The highest BCUT2D eigenvalue weighted by atomic mass is 16.3. The Labute approximate surface area is 58.3 Å². The molecule has 1 aromatic heterocycles. The molecule has 4 nitrogen and oxygen atoms in total. The molecule has 1 N–H and O–H groups in total. The third-order valence-electron chi connectivity index (χ3n) is 1.17. The van der Waals surface area contributed by atoms with Crippen LogP contribution in [-0.2, 0) is 0 Å². The first-order valence-corrected chi connectivity index (χ1v) is 2.83. The topological polar surface area (TPSA) is 54.4 Å². The normalized spacial score (nSPS) is 8.90. The molecule has 0 radical (unpaired) electrons. The Bertz CT molecular complexity index is 236. The van der Waals surface area contributed by atoms with Crippen molar-refractivity contribution in [1.29, 1.82) is 0 Å². The lowest BCUT2D eigenvalue weighted by atomic mass is 10.3. The summed E-state index contributed by atoms with van der Waals surface area (Å²) in [7, 11) is 1.71. The molecule has 0 spiro atoms. The standard InChI is InChI=1S/C6H7N3O/c1-7-6-4-8-3-2-5(6)9-10/h2-4,7H,1H3. The summed E-state index contributed by atoms with van der Waals surface area (Å²) in [6.07, 6.45) is 3.08. The second-order valence-electron chi connectivity index (χ2n) is 1.73. The van der Waals surface area contributed by atoms with E-state index < -0.39 is 0 Å². The molecule has 0 aliphatic heterocycles. The molecule has 0 aliphatic carbocycles. The number of nitrogens with zero attached hydrogens (tertiary/aromatic N) is 2. The van der Waals surface area contributed by atoms with Crippen molar-refractivity contribution in [2.75, 3.05) is 12.4 Å². The largest absolute Gasteiger partial charge is 0.385 e. The Morgan fingerprint density at radius 2 is 2.50 bits per heavy atom. The Kier molecular flexibility index (Phi) is 1.94. The Hall–Kier alpha value is -1.45. The molecule has 4 heteroatoms. The number of nitroso groups, excluding NO2 is 1. The van der Waals surface area contributed by atoms with E-state index in [2.05, 4.69) is 15.5 Å². The zero-order chi connectivity index (χ0) is 7.40. The van der Waals surface area contributed by atoms with E-state index in [1.807, 2.05) is 0 Å². The lowest BCUT2D eigenvalue weighted by Gasteiger charge is -1.98. The van der Waals surface area contributed by atoms with Gasteiger partial charge in [-0.2, -0.15) is 0 Å². The van der Waals surface area contributed by atoms with Gasteiger partial charge in [0, 0.05) is 13.2 Å². The first kappa shape index (κ1) is 6.67. The average molecular weight is 137 g/mol. The van der Waals surface area contributed by atoms with E-state index in [0.717, 1.165) is 0 Å². The lowest BCUT2D eigenvalue weighted by molar-refractivity contribution is 1.29. The Balaban J connectivity index is 3.08. The quantitative estimate of drug-likeness (QED) is 0.628. The van der Waals surface area contributed by atoms with Gasteiger partial charge in [0.2, 0.25) is 0 Å². The predicted octanol–water partition coefficient (Wildman–Crippen LogP) is 1.52. The molecule has 0 aromatic carbocycles. The summed E-state index contributed by atoms with van der Waals surface area (Å²) in [5.41, 5.74) is 1.04. The molecule has 0 saturated carbocycles. The highest BCUT2D eigenvalue weighted by Crippen LogP contribution is 2.20. The number of nitrogens with one attached hydrogen (secondary N) is 1. The van der Waals surface area contributed by atoms with Crippen molar-refractivity contribution >= 4 is 11.4 Å². The van der Waals surface area contributed by atoms with Gasteiger partial charge >= 0.3 is 0 Å². The molecule has 1 heterocycles. The maximum atomic E-state index is 10.1. The number of hydrogen-bond donors (Lipinski definition) is 1. The van der Waals surface area contributed by atoms with E-state index in [1.54, 1.807) is 19.3 Å². The molecule has 0 bridgehead atoms. The van der Waals surface area contributed by atoms with Crippen molar-refractivity contribution in [2.45, 2.75) is 0 Å². The second-order valence-corrected chi connectivity index (χ2v) is 1.73. The van der Waals surface area contributed by atoms with Crippen LogP contribution in [0.5, 0.6) is 0 Å². The van der Waals surface area contributed by atoms with Crippen LogP contribution in [0.3, 0.4) is 0 Å². The molecule has 1 aromatic rings. The van der Waals surface area contributed by atoms with Crippen LogP contribution in [0.1, 0.15) is 0 Å². The zero-order valence-electron chi connectivity index (χ0n) is 5.53.